The second-order valence-corrected chi connectivity index (χ2v) is 5.56. The predicted molar refractivity (Wildman–Crippen MR) is 76.8 cm³/mol. The molecule has 1 aliphatic rings. The summed E-state index contributed by atoms with van der Waals surface area (Å²) in [5.41, 5.74) is 7.51. The Hall–Kier alpha value is -1.06. The van der Waals surface area contributed by atoms with Gasteiger partial charge < -0.3 is 10.5 Å². The Balaban J connectivity index is 2.09. The Morgan fingerprint density at radius 2 is 2.32 bits per heavy atom. The molecule has 1 heterocycles. The minimum Gasteiger partial charge on any atom is -0.493 e. The van der Waals surface area contributed by atoms with E-state index in [-0.39, 0.29) is 11.7 Å². The van der Waals surface area contributed by atoms with E-state index in [1.807, 2.05) is 19.1 Å². The number of benzene rings is 1. The van der Waals surface area contributed by atoms with Gasteiger partial charge in [0.25, 0.3) is 0 Å². The zero-order valence-corrected chi connectivity index (χ0v) is 12.0. The lowest BCUT2D eigenvalue weighted by molar-refractivity contribution is -0.121. The van der Waals surface area contributed by atoms with Gasteiger partial charge in [0, 0.05) is 29.3 Å². The minimum absolute atomic E-state index is 0.0413. The molecule has 0 bridgehead atoms. The summed E-state index contributed by atoms with van der Waals surface area (Å²) in [6, 6.07) is 3.77. The minimum atomic E-state index is 0.0413. The average molecular weight is 282 g/mol. The number of fused-ring (bicyclic) bond motifs is 1. The van der Waals surface area contributed by atoms with Crippen LogP contribution >= 0.6 is 11.6 Å². The van der Waals surface area contributed by atoms with E-state index in [1.54, 1.807) is 0 Å². The Labute approximate surface area is 119 Å². The second-order valence-electron chi connectivity index (χ2n) is 5.13. The maximum Gasteiger partial charge on any atom is 0.140 e. The highest BCUT2D eigenvalue weighted by molar-refractivity contribution is 6.30. The molecule has 19 heavy (non-hydrogen) atoms. The Morgan fingerprint density at radius 1 is 1.53 bits per heavy atom. The Kier molecular flexibility index (Phi) is 4.83. The van der Waals surface area contributed by atoms with Crippen LogP contribution < -0.4 is 10.5 Å². The van der Waals surface area contributed by atoms with Crippen LogP contribution in [0.25, 0.3) is 0 Å². The first kappa shape index (κ1) is 14.4. The molecule has 2 rings (SSSR count). The number of halogens is 1. The number of carbonyl (C=O) groups is 1. The lowest BCUT2D eigenvalue weighted by Crippen LogP contribution is -2.15. The second kappa shape index (κ2) is 6.40. The first-order valence-corrected chi connectivity index (χ1v) is 7.16. The van der Waals surface area contributed by atoms with Crippen LogP contribution in [0.1, 0.15) is 30.9 Å². The molecule has 3 nitrogen and oxygen atoms in total. The van der Waals surface area contributed by atoms with Gasteiger partial charge in [0.15, 0.2) is 0 Å². The SMILES string of the molecule is CC(CCCN)C(=O)Cc1cc(Cl)cc2c1OCC2. The lowest BCUT2D eigenvalue weighted by atomic mass is 9.94. The molecule has 2 N–H and O–H groups in total. The largest absolute Gasteiger partial charge is 0.493 e. The number of ether oxygens (including phenoxy) is 1. The molecule has 0 radical (unpaired) electrons. The third kappa shape index (κ3) is 3.48. The summed E-state index contributed by atoms with van der Waals surface area (Å²) < 4.78 is 5.62. The number of ketones is 1. The van der Waals surface area contributed by atoms with Crippen molar-refractivity contribution in [1.29, 1.82) is 0 Å². The molecule has 1 unspecified atom stereocenters. The number of Topliss-reactive ketones (excluding diaryl/α,β-unsaturated/α-hetero) is 1. The first-order chi connectivity index (χ1) is 9.11. The van der Waals surface area contributed by atoms with Crippen molar-refractivity contribution in [3.8, 4) is 5.75 Å². The van der Waals surface area contributed by atoms with Crippen molar-refractivity contribution in [1.82, 2.24) is 0 Å². The van der Waals surface area contributed by atoms with E-state index in [2.05, 4.69) is 0 Å². The number of rotatable bonds is 6. The molecule has 1 aliphatic heterocycles. The third-order valence-corrected chi connectivity index (χ3v) is 3.80. The van der Waals surface area contributed by atoms with Gasteiger partial charge in [-0.15, -0.1) is 0 Å². The van der Waals surface area contributed by atoms with Gasteiger partial charge in [0.05, 0.1) is 6.61 Å². The van der Waals surface area contributed by atoms with Crippen LogP contribution in [0.15, 0.2) is 12.1 Å². The van der Waals surface area contributed by atoms with E-state index in [1.165, 1.54) is 0 Å². The molecule has 0 aliphatic carbocycles. The summed E-state index contributed by atoms with van der Waals surface area (Å²) in [5.74, 6) is 1.14. The zero-order valence-electron chi connectivity index (χ0n) is 11.2. The van der Waals surface area contributed by atoms with Crippen molar-refractivity contribution < 1.29 is 9.53 Å². The molecular weight excluding hydrogens is 262 g/mol. The van der Waals surface area contributed by atoms with Crippen molar-refractivity contribution in [2.75, 3.05) is 13.2 Å². The average Bonchev–Trinajstić information content (AvgIpc) is 2.83. The van der Waals surface area contributed by atoms with Crippen LogP contribution in [-0.4, -0.2) is 18.9 Å². The summed E-state index contributed by atoms with van der Waals surface area (Å²) >= 11 is 6.09. The van der Waals surface area contributed by atoms with E-state index < -0.39 is 0 Å². The van der Waals surface area contributed by atoms with Crippen LogP contribution in [0.5, 0.6) is 5.75 Å². The molecule has 104 valence electrons. The van der Waals surface area contributed by atoms with Gasteiger partial charge in [-0.25, -0.2) is 0 Å². The molecular formula is C15H20ClNO2. The van der Waals surface area contributed by atoms with Crippen molar-refractivity contribution in [3.05, 3.63) is 28.3 Å². The number of hydrogen-bond donors (Lipinski definition) is 1. The molecule has 1 atom stereocenters. The molecule has 0 saturated carbocycles. The number of nitrogens with two attached hydrogens (primary N) is 1. The normalized spacial score (nSPS) is 14.9. The number of carbonyl (C=O) groups excluding carboxylic acids is 1. The highest BCUT2D eigenvalue weighted by atomic mass is 35.5. The van der Waals surface area contributed by atoms with E-state index in [0.717, 1.165) is 36.1 Å². The smallest absolute Gasteiger partial charge is 0.140 e. The molecule has 1 aromatic carbocycles. The molecule has 0 spiro atoms. The van der Waals surface area contributed by atoms with Gasteiger partial charge >= 0.3 is 0 Å². The summed E-state index contributed by atoms with van der Waals surface area (Å²) in [7, 11) is 0. The summed E-state index contributed by atoms with van der Waals surface area (Å²) in [6.07, 6.45) is 3.00. The van der Waals surface area contributed by atoms with Gasteiger partial charge in [-0.1, -0.05) is 18.5 Å². The van der Waals surface area contributed by atoms with Crippen LogP contribution in [-0.2, 0) is 17.6 Å². The maximum atomic E-state index is 12.2. The van der Waals surface area contributed by atoms with Crippen molar-refractivity contribution >= 4 is 17.4 Å². The first-order valence-electron chi connectivity index (χ1n) is 6.78. The molecule has 0 saturated heterocycles. The fourth-order valence-corrected chi connectivity index (χ4v) is 2.69. The fraction of sp³-hybridized carbons (Fsp3) is 0.533. The predicted octanol–water partition coefficient (Wildman–Crippen LogP) is 2.76. The highest BCUT2D eigenvalue weighted by Crippen LogP contribution is 2.33. The molecule has 0 amide bonds. The van der Waals surface area contributed by atoms with Crippen molar-refractivity contribution in [3.63, 3.8) is 0 Å². The topological polar surface area (TPSA) is 52.3 Å². The van der Waals surface area contributed by atoms with Gasteiger partial charge in [-0.2, -0.15) is 0 Å². The van der Waals surface area contributed by atoms with Crippen molar-refractivity contribution in [2.45, 2.75) is 32.6 Å². The van der Waals surface area contributed by atoms with Gasteiger partial charge in [0.1, 0.15) is 11.5 Å². The quantitative estimate of drug-likeness (QED) is 0.872. The van der Waals surface area contributed by atoms with Crippen LogP contribution in [0, 0.1) is 5.92 Å². The fourth-order valence-electron chi connectivity index (χ4n) is 2.42. The molecule has 0 fully saturated rings. The van der Waals surface area contributed by atoms with Gasteiger partial charge in [0.2, 0.25) is 0 Å². The van der Waals surface area contributed by atoms with E-state index in [0.29, 0.717) is 24.6 Å². The van der Waals surface area contributed by atoms with Crippen molar-refractivity contribution in [2.24, 2.45) is 11.7 Å². The highest BCUT2D eigenvalue weighted by Gasteiger charge is 2.21. The van der Waals surface area contributed by atoms with Gasteiger partial charge in [-0.05, 0) is 37.1 Å². The lowest BCUT2D eigenvalue weighted by Gasteiger charge is -2.12. The third-order valence-electron chi connectivity index (χ3n) is 3.58. The van der Waals surface area contributed by atoms with Gasteiger partial charge in [-0.3, -0.25) is 4.79 Å². The molecule has 0 aromatic heterocycles. The monoisotopic (exact) mass is 281 g/mol. The summed E-state index contributed by atoms with van der Waals surface area (Å²) in [4.78, 5) is 12.2. The maximum absolute atomic E-state index is 12.2. The number of hydrogen-bond acceptors (Lipinski definition) is 3. The molecule has 4 heteroatoms. The van der Waals surface area contributed by atoms with Crippen LogP contribution in [0.2, 0.25) is 5.02 Å². The van der Waals surface area contributed by atoms with E-state index in [4.69, 9.17) is 22.1 Å². The Bertz CT molecular complexity index is 473. The molecule has 1 aromatic rings. The zero-order chi connectivity index (χ0) is 13.8. The standard InChI is InChI=1S/C15H20ClNO2/c1-10(3-2-5-17)14(18)9-12-8-13(16)7-11-4-6-19-15(11)12/h7-8,10H,2-6,9,17H2,1H3. The Morgan fingerprint density at radius 3 is 3.05 bits per heavy atom. The van der Waals surface area contributed by atoms with E-state index in [9.17, 15) is 4.79 Å². The summed E-state index contributed by atoms with van der Waals surface area (Å²) in [5, 5.41) is 0.682. The van der Waals surface area contributed by atoms with Crippen LogP contribution in [0.3, 0.4) is 0 Å². The summed E-state index contributed by atoms with van der Waals surface area (Å²) in [6.45, 7) is 3.27. The van der Waals surface area contributed by atoms with E-state index >= 15 is 0 Å². The van der Waals surface area contributed by atoms with Crippen LogP contribution in [0.4, 0.5) is 0 Å².